The number of hydrogen-bond donors (Lipinski definition) is 2. The molecule has 0 amide bonds. The van der Waals surface area contributed by atoms with Crippen molar-refractivity contribution in [3.05, 3.63) is 23.3 Å². The van der Waals surface area contributed by atoms with Crippen LogP contribution in [0.2, 0.25) is 0 Å². The molecule has 26 heavy (non-hydrogen) atoms. The number of phenolic OH excluding ortho intramolecular Hbond substituents is 1. The molecule has 1 aromatic heterocycles. The number of anilines is 2. The number of benzene rings is 1. The number of aryl methyl sites for hydroxylation is 2. The van der Waals surface area contributed by atoms with Crippen molar-refractivity contribution in [1.29, 1.82) is 0 Å². The summed E-state index contributed by atoms with van der Waals surface area (Å²) in [5.41, 5.74) is 1.65. The quantitative estimate of drug-likeness (QED) is 0.691. The van der Waals surface area contributed by atoms with E-state index >= 15 is 0 Å². The van der Waals surface area contributed by atoms with Gasteiger partial charge in [0.2, 0.25) is 25.6 Å². The molecule has 1 aromatic carbocycles. The molecular formula is C15H20N4O5S2. The van der Waals surface area contributed by atoms with Crippen LogP contribution in [0.15, 0.2) is 22.4 Å². The number of phenols is 1. The van der Waals surface area contributed by atoms with Crippen LogP contribution in [0.5, 0.6) is 5.75 Å². The van der Waals surface area contributed by atoms with Gasteiger partial charge in [-0.15, -0.1) is 0 Å². The number of aromatic nitrogens is 3. The molecule has 2 rings (SSSR count). The van der Waals surface area contributed by atoms with E-state index in [1.807, 2.05) is 0 Å². The van der Waals surface area contributed by atoms with Crippen molar-refractivity contribution >= 4 is 31.3 Å². The predicted molar refractivity (Wildman–Crippen MR) is 96.1 cm³/mol. The SMILES string of the molecule is CCS(=O)(=O)c1nc(Nc2cc(C)c(O)c(C)c2)nc(S(=O)(=O)CC)n1. The molecule has 0 aliphatic heterocycles. The third-order valence-corrected chi connectivity index (χ3v) is 6.66. The molecule has 0 saturated heterocycles. The minimum Gasteiger partial charge on any atom is -0.507 e. The summed E-state index contributed by atoms with van der Waals surface area (Å²) in [6.45, 7) is 6.21. The van der Waals surface area contributed by atoms with Gasteiger partial charge in [0.15, 0.2) is 0 Å². The topological polar surface area (TPSA) is 139 Å². The molecule has 0 saturated carbocycles. The van der Waals surface area contributed by atoms with E-state index in [1.165, 1.54) is 13.8 Å². The summed E-state index contributed by atoms with van der Waals surface area (Å²) in [7, 11) is -7.67. The van der Waals surface area contributed by atoms with Crippen LogP contribution >= 0.6 is 0 Å². The molecule has 0 aliphatic rings. The third-order valence-electron chi connectivity index (χ3n) is 3.66. The second kappa shape index (κ2) is 7.16. The first-order valence-corrected chi connectivity index (χ1v) is 11.1. The molecule has 2 aromatic rings. The van der Waals surface area contributed by atoms with Gasteiger partial charge < -0.3 is 10.4 Å². The molecular weight excluding hydrogens is 380 g/mol. The largest absolute Gasteiger partial charge is 0.507 e. The van der Waals surface area contributed by atoms with Gasteiger partial charge in [-0.3, -0.25) is 0 Å². The Bertz CT molecular complexity index is 974. The molecule has 0 spiro atoms. The fraction of sp³-hybridized carbons (Fsp3) is 0.400. The molecule has 1 heterocycles. The van der Waals surface area contributed by atoms with Gasteiger partial charge in [-0.05, 0) is 37.1 Å². The molecule has 11 heteroatoms. The summed E-state index contributed by atoms with van der Waals surface area (Å²) < 4.78 is 48.5. The van der Waals surface area contributed by atoms with Crippen molar-refractivity contribution in [2.45, 2.75) is 38.0 Å². The molecule has 0 aliphatic carbocycles. The van der Waals surface area contributed by atoms with Gasteiger partial charge in [0.05, 0.1) is 11.5 Å². The van der Waals surface area contributed by atoms with E-state index in [9.17, 15) is 21.9 Å². The second-order valence-corrected chi connectivity index (χ2v) is 9.96. The van der Waals surface area contributed by atoms with E-state index in [0.717, 1.165) is 0 Å². The zero-order valence-electron chi connectivity index (χ0n) is 14.8. The average Bonchev–Trinajstić information content (AvgIpc) is 2.59. The number of sulfone groups is 2. The van der Waals surface area contributed by atoms with Crippen LogP contribution in [0.1, 0.15) is 25.0 Å². The maximum Gasteiger partial charge on any atom is 0.252 e. The molecule has 9 nitrogen and oxygen atoms in total. The highest BCUT2D eigenvalue weighted by Crippen LogP contribution is 2.27. The Balaban J connectivity index is 2.61. The van der Waals surface area contributed by atoms with Crippen molar-refractivity contribution in [3.63, 3.8) is 0 Å². The van der Waals surface area contributed by atoms with Crippen LogP contribution < -0.4 is 5.32 Å². The highest BCUT2D eigenvalue weighted by atomic mass is 32.2. The summed E-state index contributed by atoms with van der Waals surface area (Å²) >= 11 is 0. The minimum atomic E-state index is -3.83. The molecule has 0 fully saturated rings. The van der Waals surface area contributed by atoms with Crippen molar-refractivity contribution in [2.24, 2.45) is 0 Å². The van der Waals surface area contributed by atoms with E-state index in [1.54, 1.807) is 26.0 Å². The van der Waals surface area contributed by atoms with E-state index < -0.39 is 30.0 Å². The number of nitrogens with one attached hydrogen (secondary N) is 1. The van der Waals surface area contributed by atoms with Crippen molar-refractivity contribution in [2.75, 3.05) is 16.8 Å². The Kier molecular flexibility index (Phi) is 5.52. The van der Waals surface area contributed by atoms with E-state index in [4.69, 9.17) is 0 Å². The first-order chi connectivity index (χ1) is 12.0. The van der Waals surface area contributed by atoms with Gasteiger partial charge in [0, 0.05) is 5.69 Å². The van der Waals surface area contributed by atoms with E-state index in [0.29, 0.717) is 16.8 Å². The molecule has 0 radical (unpaired) electrons. The molecule has 0 unspecified atom stereocenters. The number of hydrogen-bond acceptors (Lipinski definition) is 9. The van der Waals surface area contributed by atoms with Gasteiger partial charge in [-0.2, -0.15) is 15.0 Å². The first kappa shape index (κ1) is 20.0. The predicted octanol–water partition coefficient (Wildman–Crippen LogP) is 1.52. The Morgan fingerprint density at radius 3 is 1.69 bits per heavy atom. The highest BCUT2D eigenvalue weighted by Gasteiger charge is 2.24. The first-order valence-electron chi connectivity index (χ1n) is 7.79. The zero-order valence-corrected chi connectivity index (χ0v) is 16.4. The lowest BCUT2D eigenvalue weighted by Gasteiger charge is -2.11. The van der Waals surface area contributed by atoms with Gasteiger partial charge in [-0.1, -0.05) is 13.8 Å². The fourth-order valence-corrected chi connectivity index (χ4v) is 3.56. The summed E-state index contributed by atoms with van der Waals surface area (Å²) in [5, 5.41) is 11.4. The number of nitrogens with zero attached hydrogens (tertiary/aromatic N) is 3. The van der Waals surface area contributed by atoms with Crippen LogP contribution in [0.3, 0.4) is 0 Å². The normalized spacial score (nSPS) is 12.2. The Morgan fingerprint density at radius 1 is 0.885 bits per heavy atom. The van der Waals surface area contributed by atoms with Crippen molar-refractivity contribution < 1.29 is 21.9 Å². The summed E-state index contributed by atoms with van der Waals surface area (Å²) in [4.78, 5) is 11.3. The Hall–Kier alpha value is -2.27. The second-order valence-electron chi connectivity index (χ2n) is 5.61. The molecule has 0 atom stereocenters. The number of rotatable bonds is 6. The molecule has 0 bridgehead atoms. The van der Waals surface area contributed by atoms with Crippen LogP contribution in [0.25, 0.3) is 0 Å². The van der Waals surface area contributed by atoms with Crippen LogP contribution in [-0.2, 0) is 19.7 Å². The van der Waals surface area contributed by atoms with Crippen molar-refractivity contribution in [3.8, 4) is 5.75 Å². The van der Waals surface area contributed by atoms with Gasteiger partial charge in [0.1, 0.15) is 5.75 Å². The monoisotopic (exact) mass is 400 g/mol. The molecule has 142 valence electrons. The highest BCUT2D eigenvalue weighted by molar-refractivity contribution is 7.91. The maximum absolute atomic E-state index is 12.1. The smallest absolute Gasteiger partial charge is 0.252 e. The molecule has 2 N–H and O–H groups in total. The maximum atomic E-state index is 12.1. The zero-order chi connectivity index (χ0) is 19.7. The number of aromatic hydroxyl groups is 1. The third kappa shape index (κ3) is 4.10. The standard InChI is InChI=1S/C15H20N4O5S2/c1-5-25(21,22)14-17-13(18-15(19-14)26(23,24)6-2)16-11-7-9(3)12(20)10(4)8-11/h7-8,20H,5-6H2,1-4H3,(H,16,17,18,19). The lowest BCUT2D eigenvalue weighted by atomic mass is 10.1. The fourth-order valence-electron chi connectivity index (χ4n) is 2.09. The summed E-state index contributed by atoms with van der Waals surface area (Å²) in [6.07, 6.45) is 0. The lowest BCUT2D eigenvalue weighted by Crippen LogP contribution is -2.17. The Labute approximate surface area is 152 Å². The van der Waals surface area contributed by atoms with Gasteiger partial charge in [0.25, 0.3) is 10.3 Å². The van der Waals surface area contributed by atoms with E-state index in [-0.39, 0.29) is 23.2 Å². The van der Waals surface area contributed by atoms with Crippen LogP contribution in [0, 0.1) is 13.8 Å². The van der Waals surface area contributed by atoms with Crippen molar-refractivity contribution in [1.82, 2.24) is 15.0 Å². The average molecular weight is 400 g/mol. The van der Waals surface area contributed by atoms with Crippen LogP contribution in [-0.4, -0.2) is 48.4 Å². The van der Waals surface area contributed by atoms with Crippen LogP contribution in [0.4, 0.5) is 11.6 Å². The van der Waals surface area contributed by atoms with Gasteiger partial charge >= 0.3 is 0 Å². The summed E-state index contributed by atoms with van der Waals surface area (Å²) in [5.74, 6) is -0.628. The lowest BCUT2D eigenvalue weighted by molar-refractivity contribution is 0.467. The Morgan fingerprint density at radius 2 is 1.31 bits per heavy atom. The minimum absolute atomic E-state index is 0.134. The van der Waals surface area contributed by atoms with Gasteiger partial charge in [-0.25, -0.2) is 16.8 Å². The van der Waals surface area contributed by atoms with E-state index in [2.05, 4.69) is 20.3 Å². The summed E-state index contributed by atoms with van der Waals surface area (Å²) in [6, 6.07) is 3.21.